The van der Waals surface area contributed by atoms with Crippen molar-refractivity contribution < 1.29 is 9.53 Å². The molecule has 1 saturated carbocycles. The van der Waals surface area contributed by atoms with E-state index < -0.39 is 5.54 Å². The monoisotopic (exact) mass is 226 g/mol. The second-order valence-corrected chi connectivity index (χ2v) is 5.30. The van der Waals surface area contributed by atoms with E-state index in [1.807, 2.05) is 13.1 Å². The van der Waals surface area contributed by atoms with E-state index in [1.165, 1.54) is 7.11 Å². The van der Waals surface area contributed by atoms with Crippen LogP contribution in [0.25, 0.3) is 0 Å². The first kappa shape index (κ1) is 10.6. The molecule has 1 aliphatic carbocycles. The Kier molecular flexibility index (Phi) is 2.52. The van der Waals surface area contributed by atoms with Gasteiger partial charge in [-0.05, 0) is 19.8 Å². The third kappa shape index (κ3) is 1.77. The van der Waals surface area contributed by atoms with Gasteiger partial charge in [0, 0.05) is 11.1 Å². The van der Waals surface area contributed by atoms with Crippen LogP contribution in [0.2, 0.25) is 0 Å². The Morgan fingerprint density at radius 2 is 2.40 bits per heavy atom. The maximum atomic E-state index is 11.2. The number of methoxy groups -OCH3 is 1. The number of carbonyl (C=O) groups excluding carboxylic acids is 1. The molecule has 0 aliphatic heterocycles. The Labute approximate surface area is 92.5 Å². The fourth-order valence-corrected chi connectivity index (χ4v) is 2.80. The number of hydrogen-bond acceptors (Lipinski definition) is 5. The van der Waals surface area contributed by atoms with Crippen molar-refractivity contribution in [2.45, 2.75) is 25.3 Å². The van der Waals surface area contributed by atoms with Gasteiger partial charge in [0.05, 0.1) is 18.6 Å². The van der Waals surface area contributed by atoms with E-state index >= 15 is 0 Å². The molecule has 82 valence electrons. The van der Waals surface area contributed by atoms with Gasteiger partial charge >= 0.3 is 5.97 Å². The van der Waals surface area contributed by atoms with Crippen LogP contribution < -0.4 is 5.73 Å². The molecule has 0 aromatic carbocycles. The highest BCUT2D eigenvalue weighted by Gasteiger charge is 2.48. The summed E-state index contributed by atoms with van der Waals surface area (Å²) in [6.45, 7) is 2.00. The Bertz CT molecular complexity index is 383. The molecule has 1 heterocycles. The molecule has 1 fully saturated rings. The molecule has 0 radical (unpaired) electrons. The zero-order valence-corrected chi connectivity index (χ0v) is 9.63. The molecule has 1 aromatic heterocycles. The molecule has 0 bridgehead atoms. The number of carbonyl (C=O) groups is 1. The lowest BCUT2D eigenvalue weighted by atomic mass is 9.69. The van der Waals surface area contributed by atoms with Crippen LogP contribution in [-0.2, 0) is 15.1 Å². The van der Waals surface area contributed by atoms with Crippen LogP contribution in [0.3, 0.4) is 0 Å². The molecule has 1 aliphatic rings. The summed E-state index contributed by atoms with van der Waals surface area (Å²) in [4.78, 5) is 16.6. The molecular weight excluding hydrogens is 212 g/mol. The van der Waals surface area contributed by atoms with Gasteiger partial charge in [0.25, 0.3) is 0 Å². The number of aromatic nitrogens is 1. The van der Waals surface area contributed by atoms with Crippen LogP contribution in [0.5, 0.6) is 0 Å². The van der Waals surface area contributed by atoms with E-state index in [1.54, 1.807) is 11.3 Å². The summed E-state index contributed by atoms with van der Waals surface area (Å²) in [5.41, 5.74) is 5.76. The van der Waals surface area contributed by atoms with Gasteiger partial charge in [-0.15, -0.1) is 11.3 Å². The smallest absolute Gasteiger partial charge is 0.308 e. The normalized spacial score (nSPS) is 29.7. The van der Waals surface area contributed by atoms with Gasteiger partial charge in [-0.1, -0.05) is 0 Å². The summed E-state index contributed by atoms with van der Waals surface area (Å²) in [5.74, 6) is -0.214. The quantitative estimate of drug-likeness (QED) is 0.769. The van der Waals surface area contributed by atoms with Crippen molar-refractivity contribution in [3.05, 3.63) is 16.1 Å². The number of aryl methyl sites for hydroxylation is 1. The fraction of sp³-hybridized carbons (Fsp3) is 0.600. The Morgan fingerprint density at radius 1 is 1.73 bits per heavy atom. The van der Waals surface area contributed by atoms with Crippen molar-refractivity contribution in [2.75, 3.05) is 7.11 Å². The van der Waals surface area contributed by atoms with Crippen molar-refractivity contribution in [3.63, 3.8) is 0 Å². The molecule has 4 nitrogen and oxygen atoms in total. The van der Waals surface area contributed by atoms with E-state index in [0.29, 0.717) is 12.8 Å². The maximum Gasteiger partial charge on any atom is 0.308 e. The predicted molar refractivity (Wildman–Crippen MR) is 57.5 cm³/mol. The zero-order valence-electron chi connectivity index (χ0n) is 8.82. The average Bonchev–Trinajstić information content (AvgIpc) is 2.59. The minimum atomic E-state index is -0.405. The number of nitrogens with zero attached hydrogens (tertiary/aromatic N) is 1. The molecule has 1 aromatic rings. The first-order valence-corrected chi connectivity index (χ1v) is 5.66. The molecule has 15 heavy (non-hydrogen) atoms. The summed E-state index contributed by atoms with van der Waals surface area (Å²) in [5, 5.41) is 0.931. The summed E-state index contributed by atoms with van der Waals surface area (Å²) in [7, 11) is 1.41. The number of ether oxygens (including phenoxy) is 1. The van der Waals surface area contributed by atoms with Crippen molar-refractivity contribution >= 4 is 17.3 Å². The summed E-state index contributed by atoms with van der Waals surface area (Å²) in [6.07, 6.45) is 3.11. The van der Waals surface area contributed by atoms with Gasteiger partial charge < -0.3 is 10.5 Å². The highest BCUT2D eigenvalue weighted by molar-refractivity contribution is 7.11. The standard InChI is InChI=1S/C10H14N2O2S/c1-6-5-12-9(15-6)10(11)3-7(4-10)8(13)14-2/h5,7H,3-4,11H2,1-2H3. The third-order valence-corrected chi connectivity index (χ3v) is 3.94. The van der Waals surface area contributed by atoms with Crippen molar-refractivity contribution in [1.29, 1.82) is 0 Å². The first-order valence-electron chi connectivity index (χ1n) is 4.85. The first-order chi connectivity index (χ1) is 7.05. The minimum absolute atomic E-state index is 0.0517. The second-order valence-electron chi connectivity index (χ2n) is 4.06. The number of hydrogen-bond donors (Lipinski definition) is 1. The molecule has 0 spiro atoms. The number of thiazole rings is 1. The topological polar surface area (TPSA) is 65.2 Å². The van der Waals surface area contributed by atoms with Crippen LogP contribution in [0.1, 0.15) is 22.7 Å². The number of esters is 1. The molecule has 5 heteroatoms. The molecule has 0 saturated heterocycles. The lowest BCUT2D eigenvalue weighted by Gasteiger charge is -2.41. The average molecular weight is 226 g/mol. The van der Waals surface area contributed by atoms with Gasteiger partial charge in [-0.25, -0.2) is 4.98 Å². The van der Waals surface area contributed by atoms with Crippen LogP contribution in [0.4, 0.5) is 0 Å². The van der Waals surface area contributed by atoms with Crippen molar-refractivity contribution in [3.8, 4) is 0 Å². The lowest BCUT2D eigenvalue weighted by molar-refractivity contribution is -0.151. The minimum Gasteiger partial charge on any atom is -0.469 e. The molecule has 0 unspecified atom stereocenters. The van der Waals surface area contributed by atoms with E-state index in [9.17, 15) is 4.79 Å². The molecular formula is C10H14N2O2S. The maximum absolute atomic E-state index is 11.2. The highest BCUT2D eigenvalue weighted by Crippen LogP contribution is 2.45. The Hall–Kier alpha value is -0.940. The van der Waals surface area contributed by atoms with Gasteiger partial charge in [0.1, 0.15) is 5.01 Å². The van der Waals surface area contributed by atoms with Crippen LogP contribution >= 0.6 is 11.3 Å². The summed E-state index contributed by atoms with van der Waals surface area (Å²) >= 11 is 1.60. The van der Waals surface area contributed by atoms with E-state index in [-0.39, 0.29) is 11.9 Å². The SMILES string of the molecule is COC(=O)C1CC(N)(c2ncc(C)s2)C1. The van der Waals surface area contributed by atoms with Crippen molar-refractivity contribution in [2.24, 2.45) is 11.7 Å². The zero-order chi connectivity index (χ0) is 11.1. The summed E-state index contributed by atoms with van der Waals surface area (Å²) in [6, 6.07) is 0. The van der Waals surface area contributed by atoms with E-state index in [0.717, 1.165) is 9.88 Å². The van der Waals surface area contributed by atoms with E-state index in [4.69, 9.17) is 5.73 Å². The van der Waals surface area contributed by atoms with Crippen LogP contribution in [0, 0.1) is 12.8 Å². The molecule has 2 rings (SSSR count). The predicted octanol–water partition coefficient (Wildman–Crippen LogP) is 1.19. The van der Waals surface area contributed by atoms with Gasteiger partial charge in [0.2, 0.25) is 0 Å². The highest BCUT2D eigenvalue weighted by atomic mass is 32.1. The fourth-order valence-electron chi connectivity index (χ4n) is 1.91. The van der Waals surface area contributed by atoms with Gasteiger partial charge in [-0.2, -0.15) is 0 Å². The van der Waals surface area contributed by atoms with Crippen LogP contribution in [0.15, 0.2) is 6.20 Å². The van der Waals surface area contributed by atoms with Gasteiger partial charge in [-0.3, -0.25) is 4.79 Å². The molecule has 2 N–H and O–H groups in total. The number of nitrogens with two attached hydrogens (primary N) is 1. The second kappa shape index (κ2) is 3.57. The molecule has 0 atom stereocenters. The van der Waals surface area contributed by atoms with Crippen molar-refractivity contribution in [1.82, 2.24) is 4.98 Å². The third-order valence-electron chi connectivity index (χ3n) is 2.80. The molecule has 0 amide bonds. The lowest BCUT2D eigenvalue weighted by Crippen LogP contribution is -2.51. The Balaban J connectivity index is 2.05. The number of rotatable bonds is 2. The summed E-state index contributed by atoms with van der Waals surface area (Å²) < 4.78 is 4.68. The van der Waals surface area contributed by atoms with Gasteiger partial charge in [0.15, 0.2) is 0 Å². The largest absolute Gasteiger partial charge is 0.469 e. The van der Waals surface area contributed by atoms with E-state index in [2.05, 4.69) is 9.72 Å². The Morgan fingerprint density at radius 3 is 2.87 bits per heavy atom. The van der Waals surface area contributed by atoms with Crippen LogP contribution in [-0.4, -0.2) is 18.1 Å².